The van der Waals surface area contributed by atoms with Gasteiger partial charge in [0.15, 0.2) is 0 Å². The second kappa shape index (κ2) is 11.6. The van der Waals surface area contributed by atoms with Gasteiger partial charge in [-0.05, 0) is 75.6 Å². The van der Waals surface area contributed by atoms with Crippen LogP contribution in [0.2, 0.25) is 0 Å². The maximum Gasteiger partial charge on any atom is 0.259 e. The average molecular weight is 542 g/mol. The van der Waals surface area contributed by atoms with Crippen LogP contribution >= 0.6 is 24.8 Å². The Morgan fingerprint density at radius 1 is 1.03 bits per heavy atom. The molecule has 2 aromatic carbocycles. The van der Waals surface area contributed by atoms with Gasteiger partial charge in [-0.3, -0.25) is 14.6 Å². The number of anilines is 2. The number of H-pyrrole nitrogens is 1. The molecule has 0 aliphatic carbocycles. The van der Waals surface area contributed by atoms with E-state index in [4.69, 9.17) is 4.74 Å². The molecule has 4 aromatic rings. The molecule has 0 saturated carbocycles. The van der Waals surface area contributed by atoms with Crippen LogP contribution in [0, 0.1) is 13.8 Å². The van der Waals surface area contributed by atoms with E-state index in [1.165, 1.54) is 7.11 Å². The number of aromatic amines is 1. The van der Waals surface area contributed by atoms with Crippen molar-refractivity contribution < 1.29 is 14.3 Å². The van der Waals surface area contributed by atoms with Crippen LogP contribution in [0.25, 0.3) is 11.0 Å². The summed E-state index contributed by atoms with van der Waals surface area (Å²) in [4.78, 5) is 40.7. The first-order valence-corrected chi connectivity index (χ1v) is 11.7. The van der Waals surface area contributed by atoms with Crippen molar-refractivity contribution in [3.8, 4) is 5.75 Å². The molecule has 0 spiro atoms. The van der Waals surface area contributed by atoms with Crippen molar-refractivity contribution in [2.24, 2.45) is 0 Å². The summed E-state index contributed by atoms with van der Waals surface area (Å²) in [5, 5.41) is 2.92. The van der Waals surface area contributed by atoms with Gasteiger partial charge in [-0.25, -0.2) is 4.98 Å². The van der Waals surface area contributed by atoms with Crippen LogP contribution < -0.4 is 15.0 Å². The lowest BCUT2D eigenvalue weighted by atomic mass is 10.1. The lowest BCUT2D eigenvalue weighted by Gasteiger charge is -2.23. The van der Waals surface area contributed by atoms with E-state index in [0.29, 0.717) is 34.6 Å². The predicted molar refractivity (Wildman–Crippen MR) is 150 cm³/mol. The van der Waals surface area contributed by atoms with Crippen molar-refractivity contribution in [2.75, 3.05) is 23.9 Å². The lowest BCUT2D eigenvalue weighted by Crippen LogP contribution is -2.32. The molecule has 1 aliphatic heterocycles. The van der Waals surface area contributed by atoms with Crippen LogP contribution in [0.3, 0.4) is 0 Å². The minimum atomic E-state index is -0.339. The summed E-state index contributed by atoms with van der Waals surface area (Å²) >= 11 is 0. The molecule has 2 aromatic heterocycles. The van der Waals surface area contributed by atoms with Gasteiger partial charge in [-0.15, -0.1) is 24.8 Å². The van der Waals surface area contributed by atoms with E-state index >= 15 is 0 Å². The molecule has 0 atom stereocenters. The number of pyridine rings is 1. The fraction of sp³-hybridized carbons (Fsp3) is 0.259. The predicted octanol–water partition coefficient (Wildman–Crippen LogP) is 5.66. The minimum Gasteiger partial charge on any atom is -0.496 e. The van der Waals surface area contributed by atoms with E-state index in [9.17, 15) is 9.59 Å². The van der Waals surface area contributed by atoms with E-state index in [1.54, 1.807) is 29.2 Å². The molecule has 37 heavy (non-hydrogen) atoms. The van der Waals surface area contributed by atoms with Gasteiger partial charge in [-0.1, -0.05) is 6.07 Å². The zero-order valence-electron chi connectivity index (χ0n) is 20.8. The fourth-order valence-electron chi connectivity index (χ4n) is 4.54. The average Bonchev–Trinajstić information content (AvgIpc) is 3.12. The van der Waals surface area contributed by atoms with E-state index in [-0.39, 0.29) is 36.6 Å². The van der Waals surface area contributed by atoms with Gasteiger partial charge in [-0.2, -0.15) is 0 Å². The first kappa shape index (κ1) is 28.0. The quantitative estimate of drug-likeness (QED) is 0.347. The lowest BCUT2D eigenvalue weighted by molar-refractivity contribution is 0.0982. The van der Waals surface area contributed by atoms with E-state index in [1.807, 2.05) is 38.1 Å². The highest BCUT2D eigenvalue weighted by atomic mass is 35.5. The molecule has 3 heterocycles. The monoisotopic (exact) mass is 541 g/mol. The van der Waals surface area contributed by atoms with Crippen molar-refractivity contribution in [1.82, 2.24) is 15.0 Å². The largest absolute Gasteiger partial charge is 0.496 e. The highest BCUT2D eigenvalue weighted by molar-refractivity contribution is 6.11. The number of aromatic nitrogens is 3. The number of benzene rings is 2. The number of carbonyl (C=O) groups excluding carboxylic acids is 2. The van der Waals surface area contributed by atoms with Gasteiger partial charge in [0.1, 0.15) is 17.1 Å². The zero-order valence-corrected chi connectivity index (χ0v) is 22.5. The fourth-order valence-corrected chi connectivity index (χ4v) is 4.54. The van der Waals surface area contributed by atoms with Crippen LogP contribution in [0.1, 0.15) is 50.8 Å². The number of hydrogen-bond acceptors (Lipinski definition) is 5. The van der Waals surface area contributed by atoms with Crippen LogP contribution in [0.5, 0.6) is 5.75 Å². The Morgan fingerprint density at radius 3 is 2.62 bits per heavy atom. The summed E-state index contributed by atoms with van der Waals surface area (Å²) in [6, 6.07) is 14.4. The number of imidazole rings is 1. The van der Waals surface area contributed by atoms with Gasteiger partial charge in [0.2, 0.25) is 0 Å². The summed E-state index contributed by atoms with van der Waals surface area (Å²) < 4.78 is 5.52. The third-order valence-electron chi connectivity index (χ3n) is 6.24. The van der Waals surface area contributed by atoms with Gasteiger partial charge in [0.05, 0.1) is 35.3 Å². The van der Waals surface area contributed by atoms with Crippen molar-refractivity contribution in [1.29, 1.82) is 0 Å². The van der Waals surface area contributed by atoms with Crippen molar-refractivity contribution >= 4 is 59.0 Å². The molecule has 0 fully saturated rings. The Morgan fingerprint density at radius 2 is 1.84 bits per heavy atom. The van der Waals surface area contributed by atoms with Crippen molar-refractivity contribution in [3.63, 3.8) is 0 Å². The first-order chi connectivity index (χ1) is 16.9. The Bertz CT molecular complexity index is 1450. The smallest absolute Gasteiger partial charge is 0.259 e. The Hall–Kier alpha value is -3.62. The number of ether oxygens (including phenoxy) is 1. The Balaban J connectivity index is 0.00000190. The molecular formula is C27H29Cl2N5O3. The second-order valence-corrected chi connectivity index (χ2v) is 8.73. The highest BCUT2D eigenvalue weighted by Crippen LogP contribution is 2.29. The maximum absolute atomic E-state index is 13.5. The number of rotatable bonds is 4. The molecule has 0 saturated heterocycles. The Kier molecular flexibility index (Phi) is 8.78. The summed E-state index contributed by atoms with van der Waals surface area (Å²) in [5.41, 5.74) is 5.66. The molecule has 0 unspecified atom stereocenters. The number of hydrogen-bond donors (Lipinski definition) is 2. The second-order valence-electron chi connectivity index (χ2n) is 8.73. The van der Waals surface area contributed by atoms with Gasteiger partial charge >= 0.3 is 0 Å². The molecule has 0 bridgehead atoms. The maximum atomic E-state index is 13.5. The van der Waals surface area contributed by atoms with E-state index in [2.05, 4.69) is 20.3 Å². The number of carbonyl (C=O) groups is 2. The van der Waals surface area contributed by atoms with Gasteiger partial charge in [0.25, 0.3) is 11.8 Å². The summed E-state index contributed by atoms with van der Waals surface area (Å²) in [6.45, 7) is 4.44. The minimum absolute atomic E-state index is 0. The Labute approximate surface area is 227 Å². The van der Waals surface area contributed by atoms with Crippen LogP contribution in [0.15, 0.2) is 48.5 Å². The zero-order chi connectivity index (χ0) is 24.5. The normalized spacial score (nSPS) is 12.6. The van der Waals surface area contributed by atoms with Crippen molar-refractivity contribution in [3.05, 3.63) is 76.9 Å². The molecule has 10 heteroatoms. The summed E-state index contributed by atoms with van der Waals surface area (Å²) in [5.74, 6) is 0.619. The molecule has 8 nitrogen and oxygen atoms in total. The number of fused-ring (bicyclic) bond motifs is 2. The molecule has 5 rings (SSSR count). The third kappa shape index (κ3) is 5.55. The molecule has 2 amide bonds. The number of nitrogens with zero attached hydrogens (tertiary/aromatic N) is 3. The van der Waals surface area contributed by atoms with Gasteiger partial charge in [0, 0.05) is 17.8 Å². The third-order valence-corrected chi connectivity index (χ3v) is 6.24. The van der Waals surface area contributed by atoms with Crippen LogP contribution in [-0.4, -0.2) is 40.4 Å². The van der Waals surface area contributed by atoms with Crippen LogP contribution in [0.4, 0.5) is 11.4 Å². The van der Waals surface area contributed by atoms with Crippen molar-refractivity contribution in [2.45, 2.75) is 33.1 Å². The van der Waals surface area contributed by atoms with Crippen LogP contribution in [-0.2, 0) is 6.42 Å². The molecular weight excluding hydrogens is 513 g/mol. The number of aryl methyl sites for hydroxylation is 3. The molecule has 2 N–H and O–H groups in total. The number of para-hydroxylation sites is 1. The SMILES string of the molecule is COc1cc(C(=O)N2CCCCc3nc(C)ccc32)ccc1C(=O)Nc1cccc2[nH]c(C)nc12.Cl.Cl. The highest BCUT2D eigenvalue weighted by Gasteiger charge is 2.25. The number of amides is 2. The molecule has 194 valence electrons. The topological polar surface area (TPSA) is 100 Å². The standard InChI is InChI=1S/C27H27N5O3.2ClH/c1-16-10-13-23-20(28-16)7-4-5-14-32(23)27(34)18-11-12-19(24(15-18)35-3)26(33)31-22-9-6-8-21-25(22)30-17(2)29-21;;/h6,8-13,15H,4-5,7,14H2,1-3H3,(H,29,30)(H,31,33);2*1H. The summed E-state index contributed by atoms with van der Waals surface area (Å²) in [6.07, 6.45) is 2.74. The number of nitrogens with one attached hydrogen (secondary N) is 2. The van der Waals surface area contributed by atoms with E-state index < -0.39 is 0 Å². The number of halogens is 2. The molecule has 1 aliphatic rings. The van der Waals surface area contributed by atoms with E-state index in [0.717, 1.165) is 47.7 Å². The first-order valence-electron chi connectivity index (χ1n) is 11.7. The number of methoxy groups -OCH3 is 1. The van der Waals surface area contributed by atoms with Gasteiger partial charge < -0.3 is 19.9 Å². The summed E-state index contributed by atoms with van der Waals surface area (Å²) in [7, 11) is 1.49. The molecule has 0 radical (unpaired) electrons.